The zero-order valence-electron chi connectivity index (χ0n) is 14.9. The van der Waals surface area contributed by atoms with Crippen LogP contribution in [0.1, 0.15) is 28.8 Å². The maximum atomic E-state index is 13.6. The zero-order valence-corrected chi connectivity index (χ0v) is 15.7. The van der Waals surface area contributed by atoms with Gasteiger partial charge in [-0.3, -0.25) is 4.79 Å². The van der Waals surface area contributed by atoms with E-state index in [2.05, 4.69) is 17.4 Å². The average molecular weight is 356 g/mol. The number of rotatable bonds is 6. The standard InChI is InChI=1S/C21H25NO2S/c1-24-19-14-17(25-2)8-9-18(19)20(23)21(10-12-22-13-11-21)15-16-6-4-3-5-7-16/h3-9,14,22H,10-13,15H2,1-2H3. The van der Waals surface area contributed by atoms with Gasteiger partial charge in [-0.1, -0.05) is 30.3 Å². The molecule has 1 aliphatic rings. The van der Waals surface area contributed by atoms with Crippen molar-refractivity contribution < 1.29 is 9.53 Å². The Labute approximate surface area is 154 Å². The predicted molar refractivity (Wildman–Crippen MR) is 104 cm³/mol. The third-order valence-electron chi connectivity index (χ3n) is 5.08. The summed E-state index contributed by atoms with van der Waals surface area (Å²) in [5, 5.41) is 3.39. The summed E-state index contributed by atoms with van der Waals surface area (Å²) in [7, 11) is 1.64. The number of ether oxygens (including phenoxy) is 1. The van der Waals surface area contributed by atoms with Crippen LogP contribution in [0.15, 0.2) is 53.4 Å². The highest BCUT2D eigenvalue weighted by atomic mass is 32.2. The second kappa shape index (κ2) is 8.07. The summed E-state index contributed by atoms with van der Waals surface area (Å²) in [4.78, 5) is 14.7. The molecule has 3 nitrogen and oxygen atoms in total. The molecule has 1 aliphatic heterocycles. The number of carbonyl (C=O) groups is 1. The summed E-state index contributed by atoms with van der Waals surface area (Å²) in [5.74, 6) is 0.894. The molecule has 0 amide bonds. The molecule has 2 aromatic rings. The van der Waals surface area contributed by atoms with E-state index >= 15 is 0 Å². The van der Waals surface area contributed by atoms with Gasteiger partial charge in [0.25, 0.3) is 0 Å². The van der Waals surface area contributed by atoms with Gasteiger partial charge in [-0.15, -0.1) is 11.8 Å². The molecule has 132 valence electrons. The highest BCUT2D eigenvalue weighted by molar-refractivity contribution is 7.98. The number of hydrogen-bond acceptors (Lipinski definition) is 4. The van der Waals surface area contributed by atoms with Gasteiger partial charge in [-0.05, 0) is 62.4 Å². The number of benzene rings is 2. The van der Waals surface area contributed by atoms with Crippen molar-refractivity contribution in [2.24, 2.45) is 5.41 Å². The fourth-order valence-electron chi connectivity index (χ4n) is 3.65. The predicted octanol–water partition coefficient (Wildman–Crippen LogP) is 4.21. The lowest BCUT2D eigenvalue weighted by Crippen LogP contribution is -2.43. The molecule has 1 N–H and O–H groups in total. The van der Waals surface area contributed by atoms with Crippen molar-refractivity contribution in [3.8, 4) is 5.75 Å². The average Bonchev–Trinajstić information content (AvgIpc) is 2.68. The van der Waals surface area contributed by atoms with Crippen LogP contribution in [0.4, 0.5) is 0 Å². The molecule has 0 saturated carbocycles. The minimum Gasteiger partial charge on any atom is -0.496 e. The molecule has 0 atom stereocenters. The summed E-state index contributed by atoms with van der Waals surface area (Å²) in [6, 6.07) is 16.3. The molecule has 0 bridgehead atoms. The molecule has 2 aromatic carbocycles. The van der Waals surface area contributed by atoms with Crippen LogP contribution in [0.25, 0.3) is 0 Å². The van der Waals surface area contributed by atoms with Gasteiger partial charge >= 0.3 is 0 Å². The topological polar surface area (TPSA) is 38.3 Å². The van der Waals surface area contributed by atoms with Crippen LogP contribution in [0.3, 0.4) is 0 Å². The lowest BCUT2D eigenvalue weighted by atomic mass is 9.69. The van der Waals surface area contributed by atoms with Crippen LogP contribution in [0, 0.1) is 5.41 Å². The molecule has 1 fully saturated rings. The van der Waals surface area contributed by atoms with Crippen molar-refractivity contribution in [2.75, 3.05) is 26.5 Å². The molecule has 0 radical (unpaired) electrons. The lowest BCUT2D eigenvalue weighted by Gasteiger charge is -2.37. The Balaban J connectivity index is 1.97. The van der Waals surface area contributed by atoms with E-state index in [0.717, 1.165) is 37.2 Å². The summed E-state index contributed by atoms with van der Waals surface area (Å²) in [5.41, 5.74) is 1.57. The van der Waals surface area contributed by atoms with Gasteiger partial charge in [0.2, 0.25) is 0 Å². The summed E-state index contributed by atoms with van der Waals surface area (Å²) in [6.45, 7) is 1.76. The molecular formula is C21H25NO2S. The number of Topliss-reactive ketones (excluding diaryl/α,β-unsaturated/α-hetero) is 1. The van der Waals surface area contributed by atoms with Crippen molar-refractivity contribution in [3.63, 3.8) is 0 Å². The SMILES string of the molecule is COc1cc(SC)ccc1C(=O)C1(Cc2ccccc2)CCNCC1. The van der Waals surface area contributed by atoms with Crippen molar-refractivity contribution >= 4 is 17.5 Å². The Kier molecular flexibility index (Phi) is 5.82. The quantitative estimate of drug-likeness (QED) is 0.622. The molecule has 0 aromatic heterocycles. The van der Waals surface area contributed by atoms with E-state index in [1.54, 1.807) is 18.9 Å². The van der Waals surface area contributed by atoms with Crippen molar-refractivity contribution in [1.29, 1.82) is 0 Å². The molecule has 1 heterocycles. The molecular weight excluding hydrogens is 330 g/mol. The summed E-state index contributed by atoms with van der Waals surface area (Å²) >= 11 is 1.65. The van der Waals surface area contributed by atoms with Crippen LogP contribution in [-0.4, -0.2) is 32.2 Å². The largest absolute Gasteiger partial charge is 0.496 e. The van der Waals surface area contributed by atoms with E-state index in [-0.39, 0.29) is 11.2 Å². The molecule has 0 unspecified atom stereocenters. The van der Waals surface area contributed by atoms with Crippen LogP contribution in [0.2, 0.25) is 0 Å². The number of hydrogen-bond donors (Lipinski definition) is 1. The van der Waals surface area contributed by atoms with Crippen molar-refractivity contribution in [1.82, 2.24) is 5.32 Å². The highest BCUT2D eigenvalue weighted by Crippen LogP contribution is 2.39. The number of piperidine rings is 1. The van der Waals surface area contributed by atoms with Gasteiger partial charge < -0.3 is 10.1 Å². The Morgan fingerprint density at radius 2 is 1.88 bits per heavy atom. The van der Waals surface area contributed by atoms with Crippen LogP contribution >= 0.6 is 11.8 Å². The zero-order chi connectivity index (χ0) is 17.7. The normalized spacial score (nSPS) is 16.4. The van der Waals surface area contributed by atoms with Crippen LogP contribution in [0.5, 0.6) is 5.75 Å². The lowest BCUT2D eigenvalue weighted by molar-refractivity contribution is 0.0722. The van der Waals surface area contributed by atoms with E-state index in [1.807, 2.05) is 42.7 Å². The minimum absolute atomic E-state index is 0.211. The van der Waals surface area contributed by atoms with E-state index in [0.29, 0.717) is 11.3 Å². The third-order valence-corrected chi connectivity index (χ3v) is 5.81. The van der Waals surface area contributed by atoms with Gasteiger partial charge in [0.1, 0.15) is 5.75 Å². The fraction of sp³-hybridized carbons (Fsp3) is 0.381. The number of nitrogens with one attached hydrogen (secondary N) is 1. The Morgan fingerprint density at radius 3 is 2.52 bits per heavy atom. The Bertz CT molecular complexity index is 724. The van der Waals surface area contributed by atoms with E-state index < -0.39 is 0 Å². The number of ketones is 1. The van der Waals surface area contributed by atoms with Gasteiger partial charge in [-0.2, -0.15) is 0 Å². The fourth-order valence-corrected chi connectivity index (χ4v) is 4.08. The van der Waals surface area contributed by atoms with Gasteiger partial charge in [0.15, 0.2) is 5.78 Å². The molecule has 4 heteroatoms. The molecule has 0 aliphatic carbocycles. The maximum Gasteiger partial charge on any atom is 0.173 e. The first-order valence-corrected chi connectivity index (χ1v) is 9.92. The number of methoxy groups -OCH3 is 1. The van der Waals surface area contributed by atoms with E-state index in [9.17, 15) is 4.79 Å². The second-order valence-electron chi connectivity index (χ2n) is 6.59. The summed E-state index contributed by atoms with van der Waals surface area (Å²) in [6.07, 6.45) is 4.52. The molecule has 0 spiro atoms. The van der Waals surface area contributed by atoms with Gasteiger partial charge in [0, 0.05) is 10.3 Å². The maximum absolute atomic E-state index is 13.6. The molecule has 3 rings (SSSR count). The Morgan fingerprint density at radius 1 is 1.16 bits per heavy atom. The third kappa shape index (κ3) is 3.91. The second-order valence-corrected chi connectivity index (χ2v) is 7.47. The first kappa shape index (κ1) is 18.0. The van der Waals surface area contributed by atoms with E-state index in [4.69, 9.17) is 4.74 Å². The Hall–Kier alpha value is -1.78. The monoisotopic (exact) mass is 355 g/mol. The molecule has 1 saturated heterocycles. The highest BCUT2D eigenvalue weighted by Gasteiger charge is 2.40. The smallest absolute Gasteiger partial charge is 0.173 e. The van der Waals surface area contributed by atoms with Crippen LogP contribution < -0.4 is 10.1 Å². The van der Waals surface area contributed by atoms with Crippen molar-refractivity contribution in [2.45, 2.75) is 24.2 Å². The number of carbonyl (C=O) groups excluding carboxylic acids is 1. The number of thioether (sulfide) groups is 1. The molecule has 25 heavy (non-hydrogen) atoms. The first-order chi connectivity index (χ1) is 12.2. The van der Waals surface area contributed by atoms with E-state index in [1.165, 1.54) is 5.56 Å². The summed E-state index contributed by atoms with van der Waals surface area (Å²) < 4.78 is 5.55. The van der Waals surface area contributed by atoms with Crippen molar-refractivity contribution in [3.05, 3.63) is 59.7 Å². The van der Waals surface area contributed by atoms with Gasteiger partial charge in [-0.25, -0.2) is 0 Å². The minimum atomic E-state index is -0.360. The van der Waals surface area contributed by atoms with Gasteiger partial charge in [0.05, 0.1) is 12.7 Å². The first-order valence-electron chi connectivity index (χ1n) is 8.70. The van der Waals surface area contributed by atoms with Crippen LogP contribution in [-0.2, 0) is 6.42 Å².